The van der Waals surface area contributed by atoms with Crippen LogP contribution in [-0.2, 0) is 19.6 Å². The molecule has 1 aliphatic carbocycles. The van der Waals surface area contributed by atoms with Crippen LogP contribution in [0.15, 0.2) is 40.6 Å². The van der Waals surface area contributed by atoms with Crippen LogP contribution in [0.3, 0.4) is 0 Å². The van der Waals surface area contributed by atoms with Crippen molar-refractivity contribution >= 4 is 27.3 Å². The van der Waals surface area contributed by atoms with Gasteiger partial charge in [0.15, 0.2) is 11.5 Å². The van der Waals surface area contributed by atoms with Crippen molar-refractivity contribution in [1.29, 1.82) is 0 Å². The lowest BCUT2D eigenvalue weighted by molar-refractivity contribution is -0.126. The predicted octanol–water partition coefficient (Wildman–Crippen LogP) is 3.38. The molecule has 1 heterocycles. The molecule has 1 saturated carbocycles. The molecule has 2 aromatic rings. The summed E-state index contributed by atoms with van der Waals surface area (Å²) in [5.41, 5.74) is 0. The molecule has 1 aromatic carbocycles. The van der Waals surface area contributed by atoms with Gasteiger partial charge in [-0.1, -0.05) is 6.07 Å². The normalized spacial score (nSPS) is 19.1. The van der Waals surface area contributed by atoms with Crippen molar-refractivity contribution in [3.8, 4) is 11.5 Å². The standard InChI is InChI=1S/C26H39N3O6S2/c1-28(2)26(24-7-6-16-36-24)19-8-10-20(11-9-19)27-25(30)18-35-15-14-29(3)37(31,32)21-12-13-22(33-4)23(17-21)34-5/h6-7,12-13,16-17,19-20,26H,8-11,14-15,18H2,1-5H3,(H,27,30). The van der Waals surface area contributed by atoms with Crippen LogP contribution in [0.5, 0.6) is 11.5 Å². The highest BCUT2D eigenvalue weighted by Crippen LogP contribution is 2.39. The molecule has 0 bridgehead atoms. The number of nitrogens with one attached hydrogen (secondary N) is 1. The fourth-order valence-corrected chi connectivity index (χ4v) is 7.04. The van der Waals surface area contributed by atoms with Crippen LogP contribution in [-0.4, -0.2) is 84.7 Å². The van der Waals surface area contributed by atoms with E-state index in [9.17, 15) is 13.2 Å². The molecule has 1 atom stereocenters. The zero-order chi connectivity index (χ0) is 27.0. The SMILES string of the molecule is COc1ccc(S(=O)(=O)N(C)CCOCC(=O)NC2CCC(C(c3cccs3)N(C)C)CC2)cc1OC. The van der Waals surface area contributed by atoms with E-state index in [-0.39, 0.29) is 36.6 Å². The maximum atomic E-state index is 12.9. The van der Waals surface area contributed by atoms with Gasteiger partial charge in [-0.05, 0) is 69.3 Å². The first kappa shape index (κ1) is 29.4. The topological polar surface area (TPSA) is 97.4 Å². The number of amides is 1. The number of carbonyl (C=O) groups is 1. The number of benzene rings is 1. The number of carbonyl (C=O) groups excluding carboxylic acids is 1. The van der Waals surface area contributed by atoms with E-state index in [0.717, 1.165) is 25.7 Å². The van der Waals surface area contributed by atoms with Crippen LogP contribution >= 0.6 is 11.3 Å². The smallest absolute Gasteiger partial charge is 0.246 e. The molecule has 1 aromatic heterocycles. The molecule has 3 rings (SSSR count). The van der Waals surface area contributed by atoms with Crippen LogP contribution in [0.1, 0.15) is 36.6 Å². The van der Waals surface area contributed by atoms with E-state index in [2.05, 4.69) is 41.8 Å². The summed E-state index contributed by atoms with van der Waals surface area (Å²) in [5, 5.41) is 5.20. The van der Waals surface area contributed by atoms with Crippen LogP contribution in [0.2, 0.25) is 0 Å². The highest BCUT2D eigenvalue weighted by atomic mass is 32.2. The number of ether oxygens (including phenoxy) is 3. The van der Waals surface area contributed by atoms with E-state index >= 15 is 0 Å². The molecular weight excluding hydrogens is 514 g/mol. The van der Waals surface area contributed by atoms with Gasteiger partial charge in [-0.25, -0.2) is 8.42 Å². The molecule has 1 unspecified atom stereocenters. The number of sulfonamides is 1. The molecule has 0 saturated heterocycles. The zero-order valence-electron chi connectivity index (χ0n) is 22.3. The number of hydrogen-bond donors (Lipinski definition) is 1. The minimum absolute atomic E-state index is 0.0941. The fourth-order valence-electron chi connectivity index (χ4n) is 4.85. The molecule has 11 heteroatoms. The summed E-state index contributed by atoms with van der Waals surface area (Å²) < 4.78 is 42.8. The fraction of sp³-hybridized carbons (Fsp3) is 0.577. The lowest BCUT2D eigenvalue weighted by atomic mass is 9.80. The lowest BCUT2D eigenvalue weighted by Crippen LogP contribution is -2.41. The lowest BCUT2D eigenvalue weighted by Gasteiger charge is -2.37. The first-order valence-electron chi connectivity index (χ1n) is 12.4. The molecule has 1 amide bonds. The Morgan fingerprint density at radius 1 is 1.08 bits per heavy atom. The number of methoxy groups -OCH3 is 2. The van der Waals surface area contributed by atoms with Crippen molar-refractivity contribution in [3.05, 3.63) is 40.6 Å². The van der Waals surface area contributed by atoms with E-state index in [0.29, 0.717) is 23.5 Å². The molecule has 0 radical (unpaired) electrons. The van der Waals surface area contributed by atoms with E-state index in [4.69, 9.17) is 14.2 Å². The van der Waals surface area contributed by atoms with Crippen molar-refractivity contribution < 1.29 is 27.4 Å². The Hall–Kier alpha value is -2.18. The quantitative estimate of drug-likeness (QED) is 0.380. The Kier molecular flexibility index (Phi) is 10.8. The highest BCUT2D eigenvalue weighted by molar-refractivity contribution is 7.89. The zero-order valence-corrected chi connectivity index (χ0v) is 23.9. The van der Waals surface area contributed by atoms with Gasteiger partial charge in [0, 0.05) is 36.6 Å². The second-order valence-electron chi connectivity index (χ2n) is 9.50. The van der Waals surface area contributed by atoms with Crippen molar-refractivity contribution in [2.45, 2.75) is 42.7 Å². The molecular formula is C26H39N3O6S2. The number of thiophene rings is 1. The van der Waals surface area contributed by atoms with Crippen LogP contribution in [0, 0.1) is 5.92 Å². The monoisotopic (exact) mass is 553 g/mol. The maximum absolute atomic E-state index is 12.9. The second-order valence-corrected chi connectivity index (χ2v) is 12.5. The number of likely N-dealkylation sites (N-methyl/N-ethyl adjacent to an activating group) is 1. The van der Waals surface area contributed by atoms with Crippen molar-refractivity contribution in [3.63, 3.8) is 0 Å². The second kappa shape index (κ2) is 13.6. The molecule has 1 fully saturated rings. The third kappa shape index (κ3) is 7.67. The third-order valence-corrected chi connectivity index (χ3v) is 9.62. The number of rotatable bonds is 13. The van der Waals surface area contributed by atoms with Gasteiger partial charge in [0.2, 0.25) is 15.9 Å². The van der Waals surface area contributed by atoms with Crippen LogP contribution in [0.25, 0.3) is 0 Å². The Bertz CT molecular complexity index is 1100. The average Bonchev–Trinajstić information content (AvgIpc) is 3.41. The summed E-state index contributed by atoms with van der Waals surface area (Å²) in [6.45, 7) is 0.123. The highest BCUT2D eigenvalue weighted by Gasteiger charge is 2.31. The summed E-state index contributed by atoms with van der Waals surface area (Å²) in [4.78, 5) is 16.2. The van der Waals surface area contributed by atoms with E-state index in [1.807, 2.05) is 0 Å². The third-order valence-electron chi connectivity index (χ3n) is 6.82. The Morgan fingerprint density at radius 2 is 1.78 bits per heavy atom. The van der Waals surface area contributed by atoms with Crippen molar-refractivity contribution in [2.24, 2.45) is 5.92 Å². The molecule has 206 valence electrons. The summed E-state index contributed by atoms with van der Waals surface area (Å²) in [6.07, 6.45) is 4.01. The molecule has 1 aliphatic rings. The Balaban J connectivity index is 1.40. The Labute approximate surface area is 224 Å². The van der Waals surface area contributed by atoms with Gasteiger partial charge in [0.1, 0.15) is 6.61 Å². The molecule has 9 nitrogen and oxygen atoms in total. The summed E-state index contributed by atoms with van der Waals surface area (Å²) in [6, 6.07) is 9.31. The first-order chi connectivity index (χ1) is 17.7. The van der Waals surface area contributed by atoms with E-state index < -0.39 is 10.0 Å². The van der Waals surface area contributed by atoms with Gasteiger partial charge in [0.05, 0.1) is 25.7 Å². The Morgan fingerprint density at radius 3 is 2.38 bits per heavy atom. The predicted molar refractivity (Wildman–Crippen MR) is 145 cm³/mol. The van der Waals surface area contributed by atoms with Gasteiger partial charge < -0.3 is 24.4 Å². The van der Waals surface area contributed by atoms with Gasteiger partial charge in [-0.3, -0.25) is 4.79 Å². The van der Waals surface area contributed by atoms with Gasteiger partial charge >= 0.3 is 0 Å². The van der Waals surface area contributed by atoms with E-state index in [1.54, 1.807) is 17.4 Å². The molecule has 0 aliphatic heterocycles. The maximum Gasteiger partial charge on any atom is 0.246 e. The van der Waals surface area contributed by atoms with Gasteiger partial charge in [0.25, 0.3) is 0 Å². The largest absolute Gasteiger partial charge is 0.493 e. The minimum Gasteiger partial charge on any atom is -0.493 e. The molecule has 0 spiro atoms. The summed E-state index contributed by atoms with van der Waals surface area (Å²) in [5.74, 6) is 1.19. The van der Waals surface area contributed by atoms with Crippen molar-refractivity contribution in [2.75, 3.05) is 55.1 Å². The number of hydrogen-bond acceptors (Lipinski definition) is 8. The van der Waals surface area contributed by atoms with E-state index in [1.165, 1.54) is 42.6 Å². The first-order valence-corrected chi connectivity index (χ1v) is 14.7. The minimum atomic E-state index is -3.74. The summed E-state index contributed by atoms with van der Waals surface area (Å²) in [7, 11) is 4.94. The molecule has 37 heavy (non-hydrogen) atoms. The van der Waals surface area contributed by atoms with Crippen LogP contribution < -0.4 is 14.8 Å². The van der Waals surface area contributed by atoms with Gasteiger partial charge in [-0.15, -0.1) is 11.3 Å². The average molecular weight is 554 g/mol. The summed E-state index contributed by atoms with van der Waals surface area (Å²) >= 11 is 1.80. The number of nitrogens with zero attached hydrogens (tertiary/aromatic N) is 2. The molecule has 1 N–H and O–H groups in total. The van der Waals surface area contributed by atoms with Gasteiger partial charge in [-0.2, -0.15) is 4.31 Å². The van der Waals surface area contributed by atoms with Crippen LogP contribution in [0.4, 0.5) is 0 Å². The van der Waals surface area contributed by atoms with Crippen molar-refractivity contribution in [1.82, 2.24) is 14.5 Å².